The van der Waals surface area contributed by atoms with Crippen molar-refractivity contribution >= 4 is 11.9 Å². The number of carbonyl (C=O) groups is 2. The van der Waals surface area contributed by atoms with Gasteiger partial charge in [-0.05, 0) is 115 Å². The van der Waals surface area contributed by atoms with Crippen LogP contribution in [-0.2, 0) is 19.1 Å². The Labute approximate surface area is 190 Å². The number of hydrogen-bond acceptors (Lipinski definition) is 4. The van der Waals surface area contributed by atoms with E-state index in [-0.39, 0.29) is 18.0 Å². The summed E-state index contributed by atoms with van der Waals surface area (Å²) < 4.78 is 11.0. The molecule has 4 rings (SSSR count). The van der Waals surface area contributed by atoms with Gasteiger partial charge in [-0.25, -0.2) is 0 Å². The summed E-state index contributed by atoms with van der Waals surface area (Å²) in [4.78, 5) is 25.4. The Kier molecular flexibility index (Phi) is 7.18. The normalized spacial score (nSPS) is 33.5. The highest BCUT2D eigenvalue weighted by Crippen LogP contribution is 2.63. The third kappa shape index (κ3) is 4.98. The Morgan fingerprint density at radius 3 is 1.90 bits per heavy atom. The lowest BCUT2D eigenvalue weighted by molar-refractivity contribution is -0.167. The van der Waals surface area contributed by atoms with E-state index in [9.17, 15) is 9.59 Å². The van der Waals surface area contributed by atoms with Crippen LogP contribution < -0.4 is 0 Å². The summed E-state index contributed by atoms with van der Waals surface area (Å²) in [6.07, 6.45) is 11.7. The van der Waals surface area contributed by atoms with Crippen molar-refractivity contribution < 1.29 is 19.1 Å². The first-order valence-corrected chi connectivity index (χ1v) is 12.8. The van der Waals surface area contributed by atoms with E-state index in [0.29, 0.717) is 24.2 Å². The Hall–Kier alpha value is -1.06. The van der Waals surface area contributed by atoms with Crippen molar-refractivity contribution in [3.63, 3.8) is 0 Å². The fourth-order valence-electron chi connectivity index (χ4n) is 7.97. The molecule has 4 bridgehead atoms. The van der Waals surface area contributed by atoms with Gasteiger partial charge in [-0.3, -0.25) is 9.59 Å². The third-order valence-electron chi connectivity index (χ3n) is 9.21. The molecule has 0 saturated heterocycles. The molecule has 0 aromatic rings. The zero-order chi connectivity index (χ0) is 23.0. The van der Waals surface area contributed by atoms with Crippen molar-refractivity contribution in [3.8, 4) is 0 Å². The van der Waals surface area contributed by atoms with E-state index in [4.69, 9.17) is 9.47 Å². The second-order valence-electron chi connectivity index (χ2n) is 12.3. The van der Waals surface area contributed by atoms with Gasteiger partial charge in [-0.1, -0.05) is 20.3 Å². The highest BCUT2D eigenvalue weighted by molar-refractivity contribution is 5.80. The van der Waals surface area contributed by atoms with Crippen LogP contribution in [0, 0.1) is 39.9 Å². The molecule has 0 radical (unpaired) electrons. The van der Waals surface area contributed by atoms with Crippen molar-refractivity contribution in [3.05, 3.63) is 0 Å². The zero-order valence-corrected chi connectivity index (χ0v) is 21.1. The molecule has 4 heteroatoms. The molecule has 0 spiro atoms. The van der Waals surface area contributed by atoms with Gasteiger partial charge in [-0.15, -0.1) is 0 Å². The molecule has 0 heterocycles. The molecule has 0 N–H and O–H groups in total. The van der Waals surface area contributed by atoms with Crippen molar-refractivity contribution in [2.24, 2.45) is 39.9 Å². The predicted octanol–water partition coefficient (Wildman–Crippen LogP) is 6.56. The number of methoxy groups -OCH3 is 1. The minimum absolute atomic E-state index is 0.0856. The number of hydrogen-bond donors (Lipinski definition) is 0. The Balaban J connectivity index is 1.64. The van der Waals surface area contributed by atoms with E-state index in [0.717, 1.165) is 24.2 Å². The van der Waals surface area contributed by atoms with Gasteiger partial charge in [0.15, 0.2) is 0 Å². The van der Waals surface area contributed by atoms with Gasteiger partial charge < -0.3 is 9.47 Å². The lowest BCUT2D eigenvalue weighted by Gasteiger charge is -2.60. The van der Waals surface area contributed by atoms with E-state index in [1.54, 1.807) is 0 Å². The number of carbonyl (C=O) groups excluding carboxylic acids is 2. The summed E-state index contributed by atoms with van der Waals surface area (Å²) in [6, 6.07) is 0. The average Bonchev–Trinajstić information content (AvgIpc) is 2.69. The second kappa shape index (κ2) is 9.06. The highest BCUT2D eigenvalue weighted by Gasteiger charge is 2.54. The third-order valence-corrected chi connectivity index (χ3v) is 9.21. The smallest absolute Gasteiger partial charge is 0.312 e. The van der Waals surface area contributed by atoms with Crippen molar-refractivity contribution in [1.82, 2.24) is 0 Å². The summed E-state index contributed by atoms with van der Waals surface area (Å²) in [5.74, 6) is 3.04. The first kappa shape index (κ1) is 24.6. The molecule has 178 valence electrons. The van der Waals surface area contributed by atoms with Crippen molar-refractivity contribution in [2.45, 2.75) is 112 Å². The average molecular weight is 435 g/mol. The molecule has 31 heavy (non-hydrogen) atoms. The topological polar surface area (TPSA) is 52.6 Å². The molecule has 4 fully saturated rings. The summed E-state index contributed by atoms with van der Waals surface area (Å²) >= 11 is 0. The maximum Gasteiger partial charge on any atom is 0.312 e. The zero-order valence-electron chi connectivity index (χ0n) is 21.1. The molecular formula is C27H46O4. The molecule has 0 aromatic heterocycles. The molecule has 3 atom stereocenters. The maximum absolute atomic E-state index is 13.2. The molecular weight excluding hydrogens is 388 g/mol. The Bertz CT molecular complexity index is 631. The quantitative estimate of drug-likeness (QED) is 0.366. The van der Waals surface area contributed by atoms with Crippen LogP contribution in [0.3, 0.4) is 0 Å². The Morgan fingerprint density at radius 2 is 1.48 bits per heavy atom. The van der Waals surface area contributed by atoms with E-state index in [1.807, 2.05) is 27.7 Å². The first-order chi connectivity index (χ1) is 14.5. The van der Waals surface area contributed by atoms with Crippen LogP contribution in [0.4, 0.5) is 0 Å². The first-order valence-electron chi connectivity index (χ1n) is 12.8. The van der Waals surface area contributed by atoms with E-state index < -0.39 is 10.8 Å². The Morgan fingerprint density at radius 1 is 0.968 bits per heavy atom. The minimum atomic E-state index is -0.715. The molecule has 0 aliphatic heterocycles. The van der Waals surface area contributed by atoms with Gasteiger partial charge in [0.25, 0.3) is 0 Å². The number of rotatable bonds is 10. The SMILES string of the molecule is CCC(CC(C)OC(=O)C(C)(CC)CC(C)(C)C(=O)OC)C12CC3CC(CC(C3)C1)C2. The van der Waals surface area contributed by atoms with Gasteiger partial charge in [0.2, 0.25) is 0 Å². The van der Waals surface area contributed by atoms with Crippen LogP contribution in [0.5, 0.6) is 0 Å². The summed E-state index contributed by atoms with van der Waals surface area (Å²) in [6.45, 7) is 12.0. The van der Waals surface area contributed by atoms with Crippen LogP contribution in [-0.4, -0.2) is 25.2 Å². The van der Waals surface area contributed by atoms with E-state index in [1.165, 1.54) is 52.1 Å². The van der Waals surface area contributed by atoms with Gasteiger partial charge in [0.1, 0.15) is 0 Å². The second-order valence-corrected chi connectivity index (χ2v) is 12.3. The van der Waals surface area contributed by atoms with Crippen LogP contribution in [0.2, 0.25) is 0 Å². The largest absolute Gasteiger partial charge is 0.469 e. The van der Waals surface area contributed by atoms with Crippen molar-refractivity contribution in [2.75, 3.05) is 7.11 Å². The fraction of sp³-hybridized carbons (Fsp3) is 0.926. The minimum Gasteiger partial charge on any atom is -0.469 e. The molecule has 0 aromatic carbocycles. The standard InChI is InChI=1S/C27H46O4/c1-8-22(27-14-19-11-20(15-27)13-21(12-19)16-27)10-18(3)31-24(29)26(6,9-2)17-25(4,5)23(28)30-7/h18-22H,8-17H2,1-7H3. The van der Waals surface area contributed by atoms with Gasteiger partial charge in [0.05, 0.1) is 24.0 Å². The van der Waals surface area contributed by atoms with Gasteiger partial charge >= 0.3 is 11.9 Å². The predicted molar refractivity (Wildman–Crippen MR) is 123 cm³/mol. The molecule has 0 amide bonds. The molecule has 4 nitrogen and oxygen atoms in total. The van der Waals surface area contributed by atoms with E-state index >= 15 is 0 Å². The fourth-order valence-corrected chi connectivity index (χ4v) is 7.97. The monoisotopic (exact) mass is 434 g/mol. The summed E-state index contributed by atoms with van der Waals surface area (Å²) in [5.41, 5.74) is -0.910. The highest BCUT2D eigenvalue weighted by atomic mass is 16.5. The van der Waals surface area contributed by atoms with Crippen LogP contribution in [0.25, 0.3) is 0 Å². The number of ether oxygens (including phenoxy) is 2. The van der Waals surface area contributed by atoms with Gasteiger partial charge in [-0.2, -0.15) is 0 Å². The maximum atomic E-state index is 13.2. The van der Waals surface area contributed by atoms with E-state index in [2.05, 4.69) is 13.8 Å². The van der Waals surface area contributed by atoms with Crippen molar-refractivity contribution in [1.29, 1.82) is 0 Å². The lowest BCUT2D eigenvalue weighted by atomic mass is 9.46. The van der Waals surface area contributed by atoms with Gasteiger partial charge in [0, 0.05) is 0 Å². The molecule has 4 aliphatic carbocycles. The summed E-state index contributed by atoms with van der Waals surface area (Å²) in [7, 11) is 1.41. The van der Waals surface area contributed by atoms with Crippen LogP contribution >= 0.6 is 0 Å². The molecule has 4 saturated carbocycles. The number of esters is 2. The van der Waals surface area contributed by atoms with Crippen LogP contribution in [0.15, 0.2) is 0 Å². The summed E-state index contributed by atoms with van der Waals surface area (Å²) in [5, 5.41) is 0. The van der Waals surface area contributed by atoms with Crippen LogP contribution in [0.1, 0.15) is 106 Å². The molecule has 3 unspecified atom stereocenters. The molecule has 4 aliphatic rings. The lowest BCUT2D eigenvalue weighted by Crippen LogP contribution is -2.50.